The molecule has 1 atom stereocenters. The summed E-state index contributed by atoms with van der Waals surface area (Å²) in [4.78, 5) is 0. The number of nitriles is 1. The molecule has 0 heterocycles. The zero-order chi connectivity index (χ0) is 15.5. The zero-order valence-electron chi connectivity index (χ0n) is 11.7. The van der Waals surface area contributed by atoms with Crippen molar-refractivity contribution in [3.8, 4) is 6.07 Å². The fraction of sp³-hybridized carbons (Fsp3) is 0.235. The first-order valence-corrected chi connectivity index (χ1v) is 7.52. The van der Waals surface area contributed by atoms with Crippen LogP contribution >= 0.6 is 23.2 Å². The number of nitrogens with two attached hydrogens (primary N) is 1. The lowest BCUT2D eigenvalue weighted by atomic mass is 9.72. The molecule has 2 rings (SSSR count). The van der Waals surface area contributed by atoms with Crippen LogP contribution in [0.3, 0.4) is 0 Å². The van der Waals surface area contributed by atoms with E-state index in [9.17, 15) is 5.26 Å². The number of anilines is 1. The fourth-order valence-corrected chi connectivity index (χ4v) is 3.08. The maximum absolute atomic E-state index is 9.90. The SMILES string of the molecule is CCCC(C#N)(c1ccc(Cl)cc1)c1ccc(N)cc1Cl. The molecular weight excluding hydrogens is 303 g/mol. The minimum atomic E-state index is -0.788. The van der Waals surface area contributed by atoms with Crippen LogP contribution in [0, 0.1) is 11.3 Å². The zero-order valence-corrected chi connectivity index (χ0v) is 13.2. The molecule has 0 aliphatic heterocycles. The number of benzene rings is 2. The average Bonchev–Trinajstić information content (AvgIpc) is 2.46. The van der Waals surface area contributed by atoms with Gasteiger partial charge < -0.3 is 5.73 Å². The van der Waals surface area contributed by atoms with Gasteiger partial charge >= 0.3 is 0 Å². The molecule has 2 aromatic rings. The van der Waals surface area contributed by atoms with Crippen molar-refractivity contribution in [1.82, 2.24) is 0 Å². The monoisotopic (exact) mass is 318 g/mol. The normalized spacial score (nSPS) is 13.4. The molecule has 0 fully saturated rings. The molecule has 0 bridgehead atoms. The molecule has 0 amide bonds. The summed E-state index contributed by atoms with van der Waals surface area (Å²) in [6, 6.07) is 15.1. The van der Waals surface area contributed by atoms with E-state index in [0.717, 1.165) is 17.5 Å². The van der Waals surface area contributed by atoms with Crippen LogP contribution in [-0.4, -0.2) is 0 Å². The van der Waals surface area contributed by atoms with Gasteiger partial charge in [0.2, 0.25) is 0 Å². The Kier molecular flexibility index (Phi) is 4.77. The first-order valence-electron chi connectivity index (χ1n) is 6.76. The second-order valence-corrected chi connectivity index (χ2v) is 5.86. The van der Waals surface area contributed by atoms with Crippen molar-refractivity contribution in [3.63, 3.8) is 0 Å². The van der Waals surface area contributed by atoms with Gasteiger partial charge in [0.1, 0.15) is 5.41 Å². The van der Waals surface area contributed by atoms with E-state index in [4.69, 9.17) is 28.9 Å². The fourth-order valence-electron chi connectivity index (χ4n) is 2.60. The minimum Gasteiger partial charge on any atom is -0.399 e. The number of rotatable bonds is 4. The van der Waals surface area contributed by atoms with Crippen molar-refractivity contribution in [2.24, 2.45) is 0 Å². The summed E-state index contributed by atoms with van der Waals surface area (Å²) in [5.74, 6) is 0. The predicted octanol–water partition coefficient (Wildman–Crippen LogP) is 5.19. The Morgan fingerprint density at radius 2 is 1.81 bits per heavy atom. The van der Waals surface area contributed by atoms with Gasteiger partial charge in [-0.1, -0.05) is 54.7 Å². The van der Waals surface area contributed by atoms with E-state index >= 15 is 0 Å². The van der Waals surface area contributed by atoms with Crippen LogP contribution in [0.5, 0.6) is 0 Å². The van der Waals surface area contributed by atoms with E-state index < -0.39 is 5.41 Å². The lowest BCUT2D eigenvalue weighted by Crippen LogP contribution is -2.26. The highest BCUT2D eigenvalue weighted by atomic mass is 35.5. The molecule has 2 aromatic carbocycles. The summed E-state index contributed by atoms with van der Waals surface area (Å²) in [7, 11) is 0. The van der Waals surface area contributed by atoms with Crippen molar-refractivity contribution in [1.29, 1.82) is 5.26 Å². The molecule has 108 valence electrons. The quantitative estimate of drug-likeness (QED) is 0.789. The lowest BCUT2D eigenvalue weighted by Gasteiger charge is -2.28. The number of nitrogen functional groups attached to an aromatic ring is 1. The van der Waals surface area contributed by atoms with E-state index in [1.807, 2.05) is 25.1 Å². The molecule has 0 radical (unpaired) electrons. The second-order valence-electron chi connectivity index (χ2n) is 5.01. The Balaban J connectivity index is 2.67. The number of hydrogen-bond acceptors (Lipinski definition) is 2. The highest BCUT2D eigenvalue weighted by Crippen LogP contribution is 2.40. The van der Waals surface area contributed by atoms with Gasteiger partial charge in [0, 0.05) is 15.7 Å². The molecule has 0 saturated carbocycles. The largest absolute Gasteiger partial charge is 0.399 e. The number of nitrogens with zero attached hydrogens (tertiary/aromatic N) is 1. The van der Waals surface area contributed by atoms with E-state index in [0.29, 0.717) is 22.2 Å². The lowest BCUT2D eigenvalue weighted by molar-refractivity contribution is 0.582. The van der Waals surface area contributed by atoms with Gasteiger partial charge in [-0.05, 0) is 41.8 Å². The minimum absolute atomic E-state index is 0.514. The molecular formula is C17H16Cl2N2. The maximum Gasteiger partial charge on any atom is 0.109 e. The summed E-state index contributed by atoms with van der Waals surface area (Å²) in [5, 5.41) is 11.1. The Morgan fingerprint density at radius 3 is 2.33 bits per heavy atom. The first-order chi connectivity index (χ1) is 10.0. The molecule has 0 aliphatic carbocycles. The van der Waals surface area contributed by atoms with Crippen LogP contribution in [0.1, 0.15) is 30.9 Å². The van der Waals surface area contributed by atoms with E-state index in [-0.39, 0.29) is 0 Å². The topological polar surface area (TPSA) is 49.8 Å². The van der Waals surface area contributed by atoms with Crippen molar-refractivity contribution in [3.05, 3.63) is 63.6 Å². The molecule has 2 nitrogen and oxygen atoms in total. The Hall–Kier alpha value is -1.69. The van der Waals surface area contributed by atoms with Crippen LogP contribution in [0.4, 0.5) is 5.69 Å². The highest BCUT2D eigenvalue weighted by molar-refractivity contribution is 6.32. The van der Waals surface area contributed by atoms with Crippen molar-refractivity contribution < 1.29 is 0 Å². The third-order valence-electron chi connectivity index (χ3n) is 3.61. The van der Waals surface area contributed by atoms with Gasteiger partial charge in [0.15, 0.2) is 0 Å². The summed E-state index contributed by atoms with van der Waals surface area (Å²) < 4.78 is 0. The van der Waals surface area contributed by atoms with Gasteiger partial charge in [-0.25, -0.2) is 0 Å². The molecule has 0 saturated heterocycles. The van der Waals surface area contributed by atoms with Crippen LogP contribution in [0.25, 0.3) is 0 Å². The molecule has 1 unspecified atom stereocenters. The van der Waals surface area contributed by atoms with Crippen molar-refractivity contribution in [2.45, 2.75) is 25.2 Å². The maximum atomic E-state index is 9.90. The third kappa shape index (κ3) is 3.00. The standard InChI is InChI=1S/C17H16Cl2N2/c1-2-9-17(11-20,12-3-5-13(18)6-4-12)15-8-7-14(21)10-16(15)19/h3-8,10H,2,9,21H2,1H3. The summed E-state index contributed by atoms with van der Waals surface area (Å²) in [6.45, 7) is 2.05. The number of halogens is 2. The van der Waals surface area contributed by atoms with Gasteiger partial charge in [-0.2, -0.15) is 5.26 Å². The highest BCUT2D eigenvalue weighted by Gasteiger charge is 2.35. The van der Waals surface area contributed by atoms with Gasteiger partial charge in [0.05, 0.1) is 6.07 Å². The molecule has 0 aliphatic rings. The van der Waals surface area contributed by atoms with Crippen LogP contribution in [0.2, 0.25) is 10.0 Å². The number of hydrogen-bond donors (Lipinski definition) is 1. The van der Waals surface area contributed by atoms with Gasteiger partial charge in [-0.3, -0.25) is 0 Å². The average molecular weight is 319 g/mol. The second kappa shape index (κ2) is 6.39. The van der Waals surface area contributed by atoms with Crippen molar-refractivity contribution >= 4 is 28.9 Å². The van der Waals surface area contributed by atoms with Crippen LogP contribution in [0.15, 0.2) is 42.5 Å². The Morgan fingerprint density at radius 1 is 1.14 bits per heavy atom. The smallest absolute Gasteiger partial charge is 0.109 e. The van der Waals surface area contributed by atoms with Crippen molar-refractivity contribution in [2.75, 3.05) is 5.73 Å². The first kappa shape index (κ1) is 15.7. The van der Waals surface area contributed by atoms with Crippen LogP contribution in [-0.2, 0) is 5.41 Å². The molecule has 2 N–H and O–H groups in total. The molecule has 21 heavy (non-hydrogen) atoms. The Bertz CT molecular complexity index is 674. The molecule has 4 heteroatoms. The summed E-state index contributed by atoms with van der Waals surface area (Å²) in [5.41, 5.74) is 7.23. The van der Waals surface area contributed by atoms with E-state index in [1.54, 1.807) is 24.3 Å². The predicted molar refractivity (Wildman–Crippen MR) is 88.6 cm³/mol. The van der Waals surface area contributed by atoms with E-state index in [1.165, 1.54) is 0 Å². The van der Waals surface area contributed by atoms with Gasteiger partial charge in [-0.15, -0.1) is 0 Å². The summed E-state index contributed by atoms with van der Waals surface area (Å²) in [6.07, 6.45) is 1.53. The van der Waals surface area contributed by atoms with E-state index in [2.05, 4.69) is 6.07 Å². The van der Waals surface area contributed by atoms with Gasteiger partial charge in [0.25, 0.3) is 0 Å². The summed E-state index contributed by atoms with van der Waals surface area (Å²) >= 11 is 12.3. The third-order valence-corrected chi connectivity index (χ3v) is 4.17. The molecule has 0 aromatic heterocycles. The molecule has 0 spiro atoms. The Labute approximate surface area is 135 Å². The van der Waals surface area contributed by atoms with Crippen LogP contribution < -0.4 is 5.73 Å².